The van der Waals surface area contributed by atoms with Gasteiger partial charge in [-0.25, -0.2) is 0 Å². The summed E-state index contributed by atoms with van der Waals surface area (Å²) in [4.78, 5) is 17.4. The van der Waals surface area contributed by atoms with Crippen molar-refractivity contribution in [2.75, 3.05) is 19.5 Å². The number of ether oxygens (including phenoxy) is 3. The van der Waals surface area contributed by atoms with Crippen molar-refractivity contribution in [2.24, 2.45) is 7.05 Å². The van der Waals surface area contributed by atoms with Gasteiger partial charge in [0.25, 0.3) is 5.91 Å². The number of hydrogen-bond donors (Lipinski definition) is 2. The van der Waals surface area contributed by atoms with Crippen molar-refractivity contribution in [3.63, 3.8) is 0 Å². The van der Waals surface area contributed by atoms with E-state index < -0.39 is 0 Å². The van der Waals surface area contributed by atoms with Crippen molar-refractivity contribution in [3.8, 4) is 23.0 Å². The van der Waals surface area contributed by atoms with Crippen LogP contribution < -0.4 is 24.8 Å². The Balaban J connectivity index is 1.35. The molecule has 38 heavy (non-hydrogen) atoms. The number of carbonyl (C=O) groups is 1. The molecule has 10 heteroatoms. The molecule has 4 aromatic rings. The number of rotatable bonds is 8. The van der Waals surface area contributed by atoms with Gasteiger partial charge in [-0.1, -0.05) is 30.9 Å². The molecule has 0 unspecified atom stereocenters. The molecule has 2 N–H and O–H groups in total. The van der Waals surface area contributed by atoms with Crippen LogP contribution in [0.4, 0.5) is 11.5 Å². The Labute approximate surface area is 226 Å². The first-order valence-corrected chi connectivity index (χ1v) is 12.9. The molecule has 1 aliphatic carbocycles. The highest BCUT2D eigenvalue weighted by molar-refractivity contribution is 6.32. The van der Waals surface area contributed by atoms with Crippen LogP contribution in [-0.4, -0.2) is 40.9 Å². The van der Waals surface area contributed by atoms with Gasteiger partial charge >= 0.3 is 0 Å². The number of fused-ring (bicyclic) bond motifs is 1. The molecule has 0 spiro atoms. The van der Waals surface area contributed by atoms with E-state index in [4.69, 9.17) is 25.8 Å². The third kappa shape index (κ3) is 5.47. The lowest BCUT2D eigenvalue weighted by Gasteiger charge is -2.22. The van der Waals surface area contributed by atoms with Gasteiger partial charge in [0, 0.05) is 42.6 Å². The minimum atomic E-state index is -0.129. The number of amides is 1. The molecule has 0 radical (unpaired) electrons. The van der Waals surface area contributed by atoms with Gasteiger partial charge in [-0.2, -0.15) is 5.10 Å². The predicted octanol–water partition coefficient (Wildman–Crippen LogP) is 6.24. The van der Waals surface area contributed by atoms with Gasteiger partial charge in [0.05, 0.1) is 24.8 Å². The zero-order valence-electron chi connectivity index (χ0n) is 21.6. The van der Waals surface area contributed by atoms with Crippen LogP contribution >= 0.6 is 11.6 Å². The average Bonchev–Trinajstić information content (AvgIpc) is 3.30. The Morgan fingerprint density at radius 1 is 1.00 bits per heavy atom. The van der Waals surface area contributed by atoms with E-state index in [0.717, 1.165) is 31.1 Å². The summed E-state index contributed by atoms with van der Waals surface area (Å²) in [5.74, 6) is 2.53. The topological polar surface area (TPSA) is 99.5 Å². The maximum absolute atomic E-state index is 13.0. The van der Waals surface area contributed by atoms with Crippen LogP contribution in [0, 0.1) is 0 Å². The fourth-order valence-corrected chi connectivity index (χ4v) is 4.93. The fourth-order valence-electron chi connectivity index (χ4n) is 4.71. The van der Waals surface area contributed by atoms with Crippen LogP contribution in [0.3, 0.4) is 0 Å². The Morgan fingerprint density at radius 2 is 1.76 bits per heavy atom. The molecule has 1 amide bonds. The highest BCUT2D eigenvalue weighted by Gasteiger charge is 2.21. The van der Waals surface area contributed by atoms with Crippen molar-refractivity contribution in [1.82, 2.24) is 20.1 Å². The predicted molar refractivity (Wildman–Crippen MR) is 147 cm³/mol. The highest BCUT2D eigenvalue weighted by atomic mass is 35.5. The molecule has 5 rings (SSSR count). The van der Waals surface area contributed by atoms with Crippen LogP contribution in [0.2, 0.25) is 5.02 Å². The molecule has 9 nitrogen and oxygen atoms in total. The van der Waals surface area contributed by atoms with Crippen LogP contribution in [0.25, 0.3) is 10.9 Å². The lowest BCUT2D eigenvalue weighted by molar-refractivity contribution is 0.0928. The van der Waals surface area contributed by atoms with Crippen molar-refractivity contribution in [2.45, 2.75) is 38.1 Å². The first-order valence-electron chi connectivity index (χ1n) is 12.5. The van der Waals surface area contributed by atoms with Gasteiger partial charge in [0.2, 0.25) is 0 Å². The quantitative estimate of drug-likeness (QED) is 0.275. The van der Waals surface area contributed by atoms with E-state index in [9.17, 15) is 4.79 Å². The van der Waals surface area contributed by atoms with Crippen molar-refractivity contribution in [3.05, 3.63) is 59.4 Å². The maximum atomic E-state index is 13.0. The van der Waals surface area contributed by atoms with E-state index in [2.05, 4.69) is 20.7 Å². The molecule has 2 aromatic carbocycles. The molecule has 2 heterocycles. The number of carbonyl (C=O) groups excluding carboxylic acids is 1. The molecule has 1 saturated carbocycles. The molecule has 0 saturated heterocycles. The SMILES string of the molecule is COc1cc2nccc(Oc3ccc(Nc4nn(C)cc4C(=O)NC4CCCCC4)cc3Cl)c2cc1OC. The normalized spacial score (nSPS) is 13.8. The Kier molecular flexibility index (Phi) is 7.55. The highest BCUT2D eigenvalue weighted by Crippen LogP contribution is 2.39. The van der Waals surface area contributed by atoms with Crippen molar-refractivity contribution >= 4 is 39.9 Å². The maximum Gasteiger partial charge on any atom is 0.256 e. The number of aryl methyl sites for hydroxylation is 1. The first kappa shape index (κ1) is 25.7. The van der Waals surface area contributed by atoms with E-state index in [-0.39, 0.29) is 11.9 Å². The van der Waals surface area contributed by atoms with E-state index in [1.54, 1.807) is 62.6 Å². The summed E-state index contributed by atoms with van der Waals surface area (Å²) >= 11 is 6.61. The molecule has 1 aliphatic rings. The van der Waals surface area contributed by atoms with Crippen LogP contribution in [0.5, 0.6) is 23.0 Å². The summed E-state index contributed by atoms with van der Waals surface area (Å²) < 4.78 is 18.6. The molecular weight excluding hydrogens is 506 g/mol. The zero-order valence-corrected chi connectivity index (χ0v) is 22.3. The van der Waals surface area contributed by atoms with Crippen molar-refractivity contribution < 1.29 is 19.0 Å². The number of anilines is 2. The van der Waals surface area contributed by atoms with Crippen LogP contribution in [0.1, 0.15) is 42.5 Å². The summed E-state index contributed by atoms with van der Waals surface area (Å²) in [7, 11) is 4.95. The van der Waals surface area contributed by atoms with E-state index >= 15 is 0 Å². The van der Waals surface area contributed by atoms with Crippen LogP contribution in [0.15, 0.2) is 48.8 Å². The van der Waals surface area contributed by atoms with Gasteiger partial charge in [0.1, 0.15) is 17.1 Å². The number of nitrogens with one attached hydrogen (secondary N) is 2. The van der Waals surface area contributed by atoms with Crippen molar-refractivity contribution in [1.29, 1.82) is 0 Å². The third-order valence-corrected chi connectivity index (χ3v) is 6.93. The number of aromatic nitrogens is 3. The third-order valence-electron chi connectivity index (χ3n) is 6.64. The minimum absolute atomic E-state index is 0.129. The van der Waals surface area contributed by atoms with E-state index in [1.165, 1.54) is 6.42 Å². The molecule has 198 valence electrons. The zero-order chi connectivity index (χ0) is 26.6. The molecule has 2 aromatic heterocycles. The number of nitrogens with zero attached hydrogens (tertiary/aromatic N) is 3. The van der Waals surface area contributed by atoms with Gasteiger partial charge in [-0.3, -0.25) is 14.5 Å². The van der Waals surface area contributed by atoms with E-state index in [0.29, 0.717) is 50.6 Å². The second-order valence-corrected chi connectivity index (χ2v) is 9.69. The van der Waals surface area contributed by atoms with Gasteiger partial charge < -0.3 is 24.8 Å². The van der Waals surface area contributed by atoms with Crippen LogP contribution in [-0.2, 0) is 7.05 Å². The molecule has 0 bridgehead atoms. The van der Waals surface area contributed by atoms with Gasteiger partial charge in [0.15, 0.2) is 17.3 Å². The van der Waals surface area contributed by atoms with Gasteiger partial charge in [-0.05, 0) is 43.2 Å². The summed E-state index contributed by atoms with van der Waals surface area (Å²) in [5, 5.41) is 12.0. The number of methoxy groups -OCH3 is 2. The summed E-state index contributed by atoms with van der Waals surface area (Å²) in [6.45, 7) is 0. The summed E-state index contributed by atoms with van der Waals surface area (Å²) in [6, 6.07) is 10.9. The number of hydrogen-bond acceptors (Lipinski definition) is 7. The first-order chi connectivity index (χ1) is 18.4. The Morgan fingerprint density at radius 3 is 2.50 bits per heavy atom. The molecule has 1 fully saturated rings. The smallest absolute Gasteiger partial charge is 0.256 e. The Bertz CT molecular complexity index is 1470. The minimum Gasteiger partial charge on any atom is -0.493 e. The molecule has 0 aliphatic heterocycles. The largest absolute Gasteiger partial charge is 0.493 e. The number of halogens is 1. The Hall–Kier alpha value is -3.98. The van der Waals surface area contributed by atoms with E-state index in [1.807, 2.05) is 12.1 Å². The lowest BCUT2D eigenvalue weighted by Crippen LogP contribution is -2.36. The fraction of sp³-hybridized carbons (Fsp3) is 0.321. The standard InChI is InChI=1S/C28H30ClN5O4/c1-34-16-20(28(35)32-17-7-5-4-6-8-17)27(33-34)31-18-9-10-24(21(29)13-18)38-23-11-12-30-22-15-26(37-3)25(36-2)14-19(22)23/h9-17H,4-8H2,1-3H3,(H,31,33)(H,32,35). The summed E-state index contributed by atoms with van der Waals surface area (Å²) in [6.07, 6.45) is 8.93. The lowest BCUT2D eigenvalue weighted by atomic mass is 9.95. The number of pyridine rings is 1. The average molecular weight is 536 g/mol. The monoisotopic (exact) mass is 535 g/mol. The summed E-state index contributed by atoms with van der Waals surface area (Å²) in [5.41, 5.74) is 1.87. The second-order valence-electron chi connectivity index (χ2n) is 9.28. The van der Waals surface area contributed by atoms with Gasteiger partial charge in [-0.15, -0.1) is 0 Å². The molecular formula is C28H30ClN5O4. The number of benzene rings is 2. The second kappa shape index (κ2) is 11.2. The molecule has 0 atom stereocenters.